The number of nitrogens with zero attached hydrogens (tertiary/aromatic N) is 2. The molecule has 0 atom stereocenters. The number of hydrogen-bond acceptors (Lipinski definition) is 4. The molecule has 1 saturated carbocycles. The van der Waals surface area contributed by atoms with Crippen molar-refractivity contribution in [3.05, 3.63) is 22.3 Å². The van der Waals surface area contributed by atoms with Gasteiger partial charge in [-0.3, -0.25) is 4.79 Å². The van der Waals surface area contributed by atoms with Gasteiger partial charge in [0, 0.05) is 23.3 Å². The standard InChI is InChI=1S/C14H20BrN3O2/c15-10-8-12(13(16)17-9-10)14(20)18(6-7-19)11-4-2-1-3-5-11/h8-9,11,19H,1-7H2,(H2,16,17). The number of anilines is 1. The average molecular weight is 342 g/mol. The summed E-state index contributed by atoms with van der Waals surface area (Å²) in [6.45, 7) is 0.305. The van der Waals surface area contributed by atoms with Gasteiger partial charge in [0.2, 0.25) is 0 Å². The maximum absolute atomic E-state index is 12.7. The third-order valence-electron chi connectivity index (χ3n) is 3.73. The lowest BCUT2D eigenvalue weighted by atomic mass is 9.93. The number of nitrogens with two attached hydrogens (primary N) is 1. The predicted octanol–water partition coefficient (Wildman–Crippen LogP) is 2.19. The Bertz CT molecular complexity index is 475. The van der Waals surface area contributed by atoms with E-state index in [0.717, 1.165) is 30.2 Å². The van der Waals surface area contributed by atoms with E-state index in [1.165, 1.54) is 6.42 Å². The van der Waals surface area contributed by atoms with E-state index in [-0.39, 0.29) is 24.4 Å². The van der Waals surface area contributed by atoms with Gasteiger partial charge in [0.05, 0.1) is 12.2 Å². The molecular formula is C14H20BrN3O2. The minimum atomic E-state index is -0.141. The number of hydrogen-bond donors (Lipinski definition) is 2. The Labute approximate surface area is 127 Å². The SMILES string of the molecule is Nc1ncc(Br)cc1C(=O)N(CCO)C1CCCCC1. The Morgan fingerprint density at radius 3 is 2.80 bits per heavy atom. The van der Waals surface area contributed by atoms with Gasteiger partial charge in [-0.25, -0.2) is 4.98 Å². The lowest BCUT2D eigenvalue weighted by Crippen LogP contribution is -2.43. The van der Waals surface area contributed by atoms with Crippen molar-refractivity contribution in [1.82, 2.24) is 9.88 Å². The summed E-state index contributed by atoms with van der Waals surface area (Å²) in [6.07, 6.45) is 7.04. The van der Waals surface area contributed by atoms with Crippen molar-refractivity contribution in [2.75, 3.05) is 18.9 Å². The fraction of sp³-hybridized carbons (Fsp3) is 0.571. The van der Waals surface area contributed by atoms with Crippen LogP contribution in [0.2, 0.25) is 0 Å². The molecule has 6 heteroatoms. The lowest BCUT2D eigenvalue weighted by molar-refractivity contribution is 0.0586. The largest absolute Gasteiger partial charge is 0.395 e. The van der Waals surface area contributed by atoms with Gasteiger partial charge in [0.15, 0.2) is 0 Å². The molecule has 1 amide bonds. The first-order valence-corrected chi connectivity index (χ1v) is 7.75. The first-order valence-electron chi connectivity index (χ1n) is 6.96. The number of carbonyl (C=O) groups excluding carboxylic acids is 1. The Morgan fingerprint density at radius 1 is 1.45 bits per heavy atom. The summed E-state index contributed by atoms with van der Waals surface area (Å²) >= 11 is 3.31. The fourth-order valence-corrected chi connectivity index (χ4v) is 3.06. The van der Waals surface area contributed by atoms with Gasteiger partial charge in [-0.15, -0.1) is 0 Å². The normalized spacial score (nSPS) is 16.1. The van der Waals surface area contributed by atoms with Crippen LogP contribution in [0.15, 0.2) is 16.7 Å². The number of amides is 1. The molecule has 1 aliphatic carbocycles. The molecule has 0 aliphatic heterocycles. The third kappa shape index (κ3) is 3.49. The Balaban J connectivity index is 2.23. The average Bonchev–Trinajstić information content (AvgIpc) is 2.47. The van der Waals surface area contributed by atoms with E-state index >= 15 is 0 Å². The van der Waals surface area contributed by atoms with Crippen molar-refractivity contribution in [2.24, 2.45) is 0 Å². The second kappa shape index (κ2) is 7.04. The third-order valence-corrected chi connectivity index (χ3v) is 4.17. The molecule has 1 aromatic heterocycles. The number of aliphatic hydroxyl groups is 1. The Hall–Kier alpha value is -1.14. The van der Waals surface area contributed by atoms with Crippen molar-refractivity contribution in [1.29, 1.82) is 0 Å². The molecule has 110 valence electrons. The molecule has 3 N–H and O–H groups in total. The molecule has 1 aliphatic rings. The molecule has 0 saturated heterocycles. The topological polar surface area (TPSA) is 79.5 Å². The highest BCUT2D eigenvalue weighted by molar-refractivity contribution is 9.10. The van der Waals surface area contributed by atoms with Crippen LogP contribution >= 0.6 is 15.9 Å². The van der Waals surface area contributed by atoms with Crippen molar-refractivity contribution in [3.63, 3.8) is 0 Å². The van der Waals surface area contributed by atoms with Crippen molar-refractivity contribution in [2.45, 2.75) is 38.1 Å². The summed E-state index contributed by atoms with van der Waals surface area (Å²) in [5.74, 6) is 0.0919. The van der Waals surface area contributed by atoms with Crippen LogP contribution in [-0.2, 0) is 0 Å². The second-order valence-electron chi connectivity index (χ2n) is 5.10. The Kier molecular flexibility index (Phi) is 5.37. The van der Waals surface area contributed by atoms with E-state index in [2.05, 4.69) is 20.9 Å². The molecule has 1 fully saturated rings. The molecular weight excluding hydrogens is 322 g/mol. The molecule has 0 unspecified atom stereocenters. The zero-order valence-corrected chi connectivity index (χ0v) is 13.0. The summed E-state index contributed by atoms with van der Waals surface area (Å²) in [7, 11) is 0. The maximum Gasteiger partial charge on any atom is 0.257 e. The van der Waals surface area contributed by atoms with Gasteiger partial charge in [-0.2, -0.15) is 0 Å². The highest BCUT2D eigenvalue weighted by Crippen LogP contribution is 2.25. The van der Waals surface area contributed by atoms with Gasteiger partial charge in [-0.1, -0.05) is 19.3 Å². The first kappa shape index (κ1) is 15.3. The van der Waals surface area contributed by atoms with Crippen molar-refractivity contribution >= 4 is 27.7 Å². The number of nitrogen functional groups attached to an aromatic ring is 1. The van der Waals surface area contributed by atoms with Crippen LogP contribution in [0.1, 0.15) is 42.5 Å². The highest BCUT2D eigenvalue weighted by Gasteiger charge is 2.27. The summed E-state index contributed by atoms with van der Waals surface area (Å²) < 4.78 is 0.725. The number of rotatable bonds is 4. The van der Waals surface area contributed by atoms with Gasteiger partial charge < -0.3 is 15.7 Å². The maximum atomic E-state index is 12.7. The number of pyridine rings is 1. The molecule has 20 heavy (non-hydrogen) atoms. The molecule has 0 spiro atoms. The summed E-state index contributed by atoms with van der Waals surface area (Å²) in [5.41, 5.74) is 6.21. The highest BCUT2D eigenvalue weighted by atomic mass is 79.9. The zero-order valence-electron chi connectivity index (χ0n) is 11.4. The molecule has 0 bridgehead atoms. The van der Waals surface area contributed by atoms with Crippen molar-refractivity contribution in [3.8, 4) is 0 Å². The molecule has 2 rings (SSSR count). The number of aromatic nitrogens is 1. The quantitative estimate of drug-likeness (QED) is 0.879. The van der Waals surface area contributed by atoms with Crippen molar-refractivity contribution < 1.29 is 9.90 Å². The van der Waals surface area contributed by atoms with Crippen LogP contribution in [0, 0.1) is 0 Å². The first-order chi connectivity index (χ1) is 9.63. The van der Waals surface area contributed by atoms with Crippen LogP contribution in [0.3, 0.4) is 0 Å². The summed E-state index contributed by atoms with van der Waals surface area (Å²) in [6, 6.07) is 1.89. The van der Waals surface area contributed by atoms with Gasteiger partial charge in [0.1, 0.15) is 5.82 Å². The minimum absolute atomic E-state index is 0.0381. The minimum Gasteiger partial charge on any atom is -0.395 e. The number of halogens is 1. The number of aliphatic hydroxyl groups excluding tert-OH is 1. The van der Waals surface area contributed by atoms with Crippen LogP contribution in [-0.4, -0.2) is 40.1 Å². The van der Waals surface area contributed by atoms with E-state index in [1.807, 2.05) is 0 Å². The zero-order chi connectivity index (χ0) is 14.5. The molecule has 0 aromatic carbocycles. The molecule has 1 heterocycles. The van der Waals surface area contributed by atoms with E-state index in [0.29, 0.717) is 12.1 Å². The summed E-state index contributed by atoms with van der Waals surface area (Å²) in [5, 5.41) is 9.24. The fourth-order valence-electron chi connectivity index (χ4n) is 2.73. The molecule has 0 radical (unpaired) electrons. The van der Waals surface area contributed by atoms with E-state index in [9.17, 15) is 9.90 Å². The van der Waals surface area contributed by atoms with E-state index in [4.69, 9.17) is 5.73 Å². The van der Waals surface area contributed by atoms with E-state index in [1.54, 1.807) is 17.2 Å². The monoisotopic (exact) mass is 341 g/mol. The van der Waals surface area contributed by atoms with Crippen LogP contribution in [0.5, 0.6) is 0 Å². The molecule has 5 nitrogen and oxygen atoms in total. The van der Waals surface area contributed by atoms with Gasteiger partial charge in [0.25, 0.3) is 5.91 Å². The molecule has 1 aromatic rings. The van der Waals surface area contributed by atoms with Crippen LogP contribution in [0.25, 0.3) is 0 Å². The predicted molar refractivity (Wildman–Crippen MR) is 81.3 cm³/mol. The van der Waals surface area contributed by atoms with Crippen LogP contribution in [0.4, 0.5) is 5.82 Å². The second-order valence-corrected chi connectivity index (χ2v) is 6.02. The van der Waals surface area contributed by atoms with E-state index < -0.39 is 0 Å². The lowest BCUT2D eigenvalue weighted by Gasteiger charge is -2.34. The van der Waals surface area contributed by atoms with Gasteiger partial charge >= 0.3 is 0 Å². The van der Waals surface area contributed by atoms with Gasteiger partial charge in [-0.05, 0) is 34.8 Å². The summed E-state index contributed by atoms with van der Waals surface area (Å²) in [4.78, 5) is 18.4. The smallest absolute Gasteiger partial charge is 0.257 e. The van der Waals surface area contributed by atoms with Crippen LogP contribution < -0.4 is 5.73 Å². The Morgan fingerprint density at radius 2 is 2.15 bits per heavy atom. The number of carbonyl (C=O) groups is 1.